The Morgan fingerprint density at radius 2 is 2.11 bits per heavy atom. The van der Waals surface area contributed by atoms with Crippen LogP contribution in [-0.4, -0.2) is 28.0 Å². The first-order valence-corrected chi connectivity index (χ1v) is 6.52. The first-order valence-electron chi connectivity index (χ1n) is 5.53. The molecule has 1 amide bonds. The summed E-state index contributed by atoms with van der Waals surface area (Å²) in [6, 6.07) is 8.81. The van der Waals surface area contributed by atoms with Gasteiger partial charge in [0.05, 0.1) is 4.92 Å². The second-order valence-corrected chi connectivity index (χ2v) is 4.89. The van der Waals surface area contributed by atoms with Crippen molar-refractivity contribution >= 4 is 17.7 Å². The molecule has 0 atom stereocenters. The fraction of sp³-hybridized carbons (Fsp3) is 0.250. The molecule has 1 fully saturated rings. The van der Waals surface area contributed by atoms with E-state index in [1.54, 1.807) is 24.3 Å². The monoisotopic (exact) mass is 264 g/mol. The molecule has 6 heteroatoms. The van der Waals surface area contributed by atoms with Crippen molar-refractivity contribution in [3.05, 3.63) is 57.2 Å². The van der Waals surface area contributed by atoms with Crippen molar-refractivity contribution in [3.63, 3.8) is 0 Å². The summed E-state index contributed by atoms with van der Waals surface area (Å²) < 4.78 is 0. The van der Waals surface area contributed by atoms with E-state index in [1.807, 2.05) is 6.07 Å². The van der Waals surface area contributed by atoms with Crippen molar-refractivity contribution in [1.29, 1.82) is 0 Å². The van der Waals surface area contributed by atoms with Crippen LogP contribution in [0.15, 0.2) is 41.6 Å². The predicted molar refractivity (Wildman–Crippen MR) is 69.6 cm³/mol. The lowest BCUT2D eigenvalue weighted by Crippen LogP contribution is -2.33. The number of hydrogen-bond acceptors (Lipinski definition) is 4. The van der Waals surface area contributed by atoms with E-state index in [0.29, 0.717) is 17.1 Å². The lowest BCUT2D eigenvalue weighted by atomic mass is 10.2. The molecule has 94 valence electrons. The number of amides is 1. The van der Waals surface area contributed by atoms with Crippen LogP contribution in [0, 0.1) is 10.1 Å². The van der Waals surface area contributed by atoms with Gasteiger partial charge < -0.3 is 0 Å². The Morgan fingerprint density at radius 3 is 2.78 bits per heavy atom. The number of carbonyl (C=O) groups is 1. The molecule has 1 heterocycles. The summed E-state index contributed by atoms with van der Waals surface area (Å²) in [5, 5.41) is 11.0. The molecule has 0 saturated carbocycles. The van der Waals surface area contributed by atoms with Gasteiger partial charge in [0.1, 0.15) is 5.03 Å². The number of thioether (sulfide) groups is 1. The van der Waals surface area contributed by atoms with Gasteiger partial charge in [-0.3, -0.25) is 19.8 Å². The highest BCUT2D eigenvalue weighted by atomic mass is 32.2. The minimum atomic E-state index is -0.515. The molecule has 1 aliphatic rings. The molecule has 1 aromatic rings. The molecular formula is C12H12N2O3S. The van der Waals surface area contributed by atoms with Crippen molar-refractivity contribution < 1.29 is 9.72 Å². The molecule has 0 radical (unpaired) electrons. The highest BCUT2D eigenvalue weighted by Crippen LogP contribution is 2.28. The normalized spacial score (nSPS) is 17.8. The second-order valence-electron chi connectivity index (χ2n) is 3.78. The standard InChI is InChI=1S/C12H12N2O3S/c15-12(10-5-2-1-3-6-10)13-7-4-8-18-11(13)9-14(16)17/h1-3,5-6,9H,4,7-8H2/b11-9-. The minimum Gasteiger partial charge on any atom is -0.298 e. The van der Waals surface area contributed by atoms with Gasteiger partial charge in [-0.05, 0) is 18.6 Å². The summed E-state index contributed by atoms with van der Waals surface area (Å²) >= 11 is 1.35. The van der Waals surface area contributed by atoms with Crippen LogP contribution in [0.1, 0.15) is 16.8 Å². The first-order chi connectivity index (χ1) is 8.68. The number of carbonyl (C=O) groups excluding carboxylic acids is 1. The summed E-state index contributed by atoms with van der Waals surface area (Å²) in [6.45, 7) is 0.528. The van der Waals surface area contributed by atoms with E-state index in [4.69, 9.17) is 0 Å². The average molecular weight is 264 g/mol. The SMILES string of the molecule is O=C(c1ccccc1)N1CCCS/C1=C\[N+](=O)[O-]. The molecule has 2 rings (SSSR count). The van der Waals surface area contributed by atoms with Gasteiger partial charge >= 0.3 is 0 Å². The Hall–Kier alpha value is -1.82. The van der Waals surface area contributed by atoms with Gasteiger partial charge in [-0.2, -0.15) is 0 Å². The third kappa shape index (κ3) is 2.89. The van der Waals surface area contributed by atoms with E-state index < -0.39 is 4.92 Å². The van der Waals surface area contributed by atoms with Crippen molar-refractivity contribution in [1.82, 2.24) is 4.90 Å². The Kier molecular flexibility index (Phi) is 3.99. The van der Waals surface area contributed by atoms with Crippen LogP contribution in [0.25, 0.3) is 0 Å². The molecule has 1 saturated heterocycles. The van der Waals surface area contributed by atoms with Crippen LogP contribution in [0.5, 0.6) is 0 Å². The largest absolute Gasteiger partial charge is 0.298 e. The molecule has 18 heavy (non-hydrogen) atoms. The molecule has 0 spiro atoms. The highest BCUT2D eigenvalue weighted by molar-refractivity contribution is 8.03. The zero-order valence-corrected chi connectivity index (χ0v) is 10.4. The Morgan fingerprint density at radius 1 is 1.39 bits per heavy atom. The van der Waals surface area contributed by atoms with Crippen molar-refractivity contribution in [2.45, 2.75) is 6.42 Å². The average Bonchev–Trinajstić information content (AvgIpc) is 2.39. The number of nitrogens with zero attached hydrogens (tertiary/aromatic N) is 2. The molecule has 5 nitrogen and oxygen atoms in total. The van der Waals surface area contributed by atoms with Gasteiger partial charge in [0.25, 0.3) is 12.1 Å². The van der Waals surface area contributed by atoms with Gasteiger partial charge in [0, 0.05) is 17.9 Å². The van der Waals surface area contributed by atoms with Gasteiger partial charge in [-0.1, -0.05) is 18.2 Å². The fourth-order valence-electron chi connectivity index (χ4n) is 1.72. The minimum absolute atomic E-state index is 0.184. The van der Waals surface area contributed by atoms with E-state index in [0.717, 1.165) is 18.4 Å². The number of hydrogen-bond donors (Lipinski definition) is 0. The number of benzene rings is 1. The van der Waals surface area contributed by atoms with Crippen molar-refractivity contribution in [2.75, 3.05) is 12.3 Å². The van der Waals surface area contributed by atoms with Crippen molar-refractivity contribution in [2.24, 2.45) is 0 Å². The van der Waals surface area contributed by atoms with Crippen LogP contribution in [-0.2, 0) is 0 Å². The highest BCUT2D eigenvalue weighted by Gasteiger charge is 2.25. The Bertz CT molecular complexity index is 487. The topological polar surface area (TPSA) is 63.5 Å². The molecule has 0 bridgehead atoms. The van der Waals surface area contributed by atoms with Crippen LogP contribution in [0.3, 0.4) is 0 Å². The third-order valence-corrected chi connectivity index (χ3v) is 3.64. The fourth-order valence-corrected chi connectivity index (χ4v) is 2.70. The summed E-state index contributed by atoms with van der Waals surface area (Å²) in [6.07, 6.45) is 1.75. The molecule has 0 unspecified atom stereocenters. The second kappa shape index (κ2) is 5.68. The van der Waals surface area contributed by atoms with Crippen molar-refractivity contribution in [3.8, 4) is 0 Å². The van der Waals surface area contributed by atoms with Gasteiger partial charge in [-0.25, -0.2) is 0 Å². The van der Waals surface area contributed by atoms with Gasteiger partial charge in [0.2, 0.25) is 0 Å². The van der Waals surface area contributed by atoms with Crippen LogP contribution >= 0.6 is 11.8 Å². The lowest BCUT2D eigenvalue weighted by Gasteiger charge is -2.27. The smallest absolute Gasteiger partial charge is 0.264 e. The van der Waals surface area contributed by atoms with Gasteiger partial charge in [0.15, 0.2) is 0 Å². The van der Waals surface area contributed by atoms with Gasteiger partial charge in [-0.15, -0.1) is 11.8 Å². The zero-order chi connectivity index (χ0) is 13.0. The molecule has 0 aromatic heterocycles. The van der Waals surface area contributed by atoms with E-state index in [2.05, 4.69) is 0 Å². The summed E-state index contributed by atoms with van der Waals surface area (Å²) in [7, 11) is 0. The Balaban J connectivity index is 2.24. The maximum absolute atomic E-state index is 12.2. The quantitative estimate of drug-likeness (QED) is 0.607. The van der Waals surface area contributed by atoms with E-state index >= 15 is 0 Å². The lowest BCUT2D eigenvalue weighted by molar-refractivity contribution is -0.403. The predicted octanol–water partition coefficient (Wildman–Crippen LogP) is 2.34. The summed E-state index contributed by atoms with van der Waals surface area (Å²) in [5.41, 5.74) is 0.550. The zero-order valence-electron chi connectivity index (χ0n) is 9.61. The maximum atomic E-state index is 12.2. The molecular weight excluding hydrogens is 252 g/mol. The molecule has 1 aliphatic heterocycles. The molecule has 1 aromatic carbocycles. The summed E-state index contributed by atoms with van der Waals surface area (Å²) in [4.78, 5) is 23.8. The van der Waals surface area contributed by atoms with E-state index in [-0.39, 0.29) is 5.91 Å². The van der Waals surface area contributed by atoms with Crippen LogP contribution in [0.2, 0.25) is 0 Å². The molecule has 0 aliphatic carbocycles. The van der Waals surface area contributed by atoms with E-state index in [9.17, 15) is 14.9 Å². The third-order valence-electron chi connectivity index (χ3n) is 2.52. The number of nitro groups is 1. The number of rotatable bonds is 2. The summed E-state index contributed by atoms with van der Waals surface area (Å²) in [5.74, 6) is 0.619. The molecule has 0 N–H and O–H groups in total. The van der Waals surface area contributed by atoms with E-state index in [1.165, 1.54) is 16.7 Å². The maximum Gasteiger partial charge on any atom is 0.264 e. The Labute approximate surface area is 109 Å². The first kappa shape index (κ1) is 12.6. The van der Waals surface area contributed by atoms with Crippen LogP contribution in [0.4, 0.5) is 0 Å². The van der Waals surface area contributed by atoms with Crippen LogP contribution < -0.4 is 0 Å².